The van der Waals surface area contributed by atoms with Crippen molar-refractivity contribution in [3.8, 4) is 0 Å². The van der Waals surface area contributed by atoms with Gasteiger partial charge in [-0.3, -0.25) is 0 Å². The van der Waals surface area contributed by atoms with Gasteiger partial charge in [-0.15, -0.1) is 11.3 Å². The summed E-state index contributed by atoms with van der Waals surface area (Å²) in [7, 11) is -3.52. The topological polar surface area (TPSA) is 75.4 Å². The number of sulfonamides is 1. The number of rotatable bonds is 7. The fourth-order valence-electron chi connectivity index (χ4n) is 4.11. The zero-order valence-electron chi connectivity index (χ0n) is 16.8. The third kappa shape index (κ3) is 4.36. The first-order valence-electron chi connectivity index (χ1n) is 10.2. The summed E-state index contributed by atoms with van der Waals surface area (Å²) in [6.07, 6.45) is 2.39. The van der Waals surface area contributed by atoms with E-state index in [2.05, 4.69) is 14.8 Å². The average Bonchev–Trinajstić information content (AvgIpc) is 3.46. The van der Waals surface area contributed by atoms with Gasteiger partial charge in [-0.05, 0) is 62.0 Å². The van der Waals surface area contributed by atoms with Crippen LogP contribution in [-0.4, -0.2) is 44.2 Å². The fraction of sp³-hybridized carbons (Fsp3) is 0.318. The molecule has 31 heavy (non-hydrogen) atoms. The third-order valence-electron chi connectivity index (χ3n) is 5.66. The Hall–Kier alpha value is -2.33. The van der Waals surface area contributed by atoms with Crippen LogP contribution in [0.3, 0.4) is 0 Å². The van der Waals surface area contributed by atoms with E-state index in [1.54, 1.807) is 12.1 Å². The summed E-state index contributed by atoms with van der Waals surface area (Å²) >= 11 is 1.30. The van der Waals surface area contributed by atoms with E-state index in [0.717, 1.165) is 53.5 Å². The van der Waals surface area contributed by atoms with E-state index in [4.69, 9.17) is 4.52 Å². The zero-order valence-corrected chi connectivity index (χ0v) is 18.4. The van der Waals surface area contributed by atoms with Gasteiger partial charge in [0, 0.05) is 28.7 Å². The van der Waals surface area contributed by atoms with Crippen LogP contribution < -0.4 is 4.72 Å². The SMILES string of the molecule is O=S(=O)(N[C@H]1CCN(CCCc2noc3cc(F)ccc23)C1)c1cc2ccccc2s1. The number of aromatic nitrogens is 1. The third-order valence-corrected chi connectivity index (χ3v) is 8.77. The number of fused-ring (bicyclic) bond motifs is 2. The molecule has 6 nitrogen and oxygen atoms in total. The maximum Gasteiger partial charge on any atom is 0.250 e. The van der Waals surface area contributed by atoms with E-state index >= 15 is 0 Å². The summed E-state index contributed by atoms with van der Waals surface area (Å²) in [5.74, 6) is -0.337. The van der Waals surface area contributed by atoms with Crippen LogP contribution in [0.2, 0.25) is 0 Å². The molecule has 0 aliphatic carbocycles. The molecule has 162 valence electrons. The van der Waals surface area contributed by atoms with Crippen molar-refractivity contribution >= 4 is 42.4 Å². The molecular weight excluding hydrogens is 437 g/mol. The van der Waals surface area contributed by atoms with Crippen LogP contribution in [0.25, 0.3) is 21.1 Å². The highest BCUT2D eigenvalue weighted by Gasteiger charge is 2.28. The van der Waals surface area contributed by atoms with E-state index in [9.17, 15) is 12.8 Å². The lowest BCUT2D eigenvalue weighted by Gasteiger charge is -2.16. The van der Waals surface area contributed by atoms with Gasteiger partial charge < -0.3 is 9.42 Å². The van der Waals surface area contributed by atoms with Gasteiger partial charge in [0.25, 0.3) is 0 Å². The molecule has 1 fully saturated rings. The van der Waals surface area contributed by atoms with E-state index in [-0.39, 0.29) is 11.9 Å². The van der Waals surface area contributed by atoms with Gasteiger partial charge in [-0.2, -0.15) is 0 Å². The summed E-state index contributed by atoms with van der Waals surface area (Å²) in [4.78, 5) is 2.26. The number of hydrogen-bond acceptors (Lipinski definition) is 6. The van der Waals surface area contributed by atoms with Crippen LogP contribution in [0.15, 0.2) is 57.3 Å². The number of benzene rings is 2. The Morgan fingerprint density at radius 2 is 2.10 bits per heavy atom. The largest absolute Gasteiger partial charge is 0.356 e. The lowest BCUT2D eigenvalue weighted by atomic mass is 10.1. The predicted molar refractivity (Wildman–Crippen MR) is 119 cm³/mol. The second kappa shape index (κ2) is 8.31. The van der Waals surface area contributed by atoms with E-state index in [0.29, 0.717) is 16.3 Å². The van der Waals surface area contributed by atoms with Gasteiger partial charge in [0.05, 0.1) is 5.69 Å². The van der Waals surface area contributed by atoms with Crippen molar-refractivity contribution in [2.45, 2.75) is 29.5 Å². The number of aryl methyl sites for hydroxylation is 1. The van der Waals surface area contributed by atoms with Crippen molar-refractivity contribution < 1.29 is 17.3 Å². The number of hydrogen-bond donors (Lipinski definition) is 1. The molecule has 1 aliphatic heterocycles. The molecule has 0 amide bonds. The Morgan fingerprint density at radius 3 is 2.97 bits per heavy atom. The summed E-state index contributed by atoms with van der Waals surface area (Å²) in [6, 6.07) is 13.8. The second-order valence-electron chi connectivity index (χ2n) is 7.88. The Kier molecular flexibility index (Phi) is 5.51. The minimum Gasteiger partial charge on any atom is -0.356 e. The molecule has 1 atom stereocenters. The van der Waals surface area contributed by atoms with E-state index in [1.165, 1.54) is 23.5 Å². The number of nitrogens with zero attached hydrogens (tertiary/aromatic N) is 2. The minimum absolute atomic E-state index is 0.0916. The molecule has 5 rings (SSSR count). The van der Waals surface area contributed by atoms with Gasteiger partial charge in [-0.25, -0.2) is 17.5 Å². The lowest BCUT2D eigenvalue weighted by Crippen LogP contribution is -2.36. The molecule has 1 N–H and O–H groups in total. The quantitative estimate of drug-likeness (QED) is 0.449. The smallest absolute Gasteiger partial charge is 0.250 e. The molecule has 9 heteroatoms. The minimum atomic E-state index is -3.52. The number of thiophene rings is 1. The Morgan fingerprint density at radius 1 is 1.23 bits per heavy atom. The Labute approximate surface area is 183 Å². The molecule has 2 aromatic heterocycles. The van der Waals surface area contributed by atoms with Crippen LogP contribution in [-0.2, 0) is 16.4 Å². The first kappa shape index (κ1) is 20.6. The maximum absolute atomic E-state index is 13.3. The first-order valence-corrected chi connectivity index (χ1v) is 12.5. The van der Waals surface area contributed by atoms with Crippen LogP contribution in [0.4, 0.5) is 4.39 Å². The Balaban J connectivity index is 1.15. The van der Waals surface area contributed by atoms with Crippen molar-refractivity contribution in [1.29, 1.82) is 0 Å². The van der Waals surface area contributed by atoms with Gasteiger partial charge in [-0.1, -0.05) is 23.4 Å². The van der Waals surface area contributed by atoms with Gasteiger partial charge in [0.1, 0.15) is 10.0 Å². The summed E-state index contributed by atoms with van der Waals surface area (Å²) in [6.45, 7) is 2.38. The normalized spacial score (nSPS) is 17.8. The molecule has 0 bridgehead atoms. The summed E-state index contributed by atoms with van der Waals surface area (Å²) in [5, 5.41) is 5.86. The first-order chi connectivity index (χ1) is 15.0. The maximum atomic E-state index is 13.3. The predicted octanol–water partition coefficient (Wildman–Crippen LogP) is 4.17. The van der Waals surface area contributed by atoms with Crippen molar-refractivity contribution in [1.82, 2.24) is 14.8 Å². The van der Waals surface area contributed by atoms with Crippen LogP contribution in [0.1, 0.15) is 18.5 Å². The van der Waals surface area contributed by atoms with Crippen molar-refractivity contribution in [2.24, 2.45) is 0 Å². The highest BCUT2D eigenvalue weighted by Crippen LogP contribution is 2.29. The van der Waals surface area contributed by atoms with E-state index < -0.39 is 10.0 Å². The number of nitrogens with one attached hydrogen (secondary N) is 1. The van der Waals surface area contributed by atoms with Crippen LogP contribution in [0.5, 0.6) is 0 Å². The molecule has 0 spiro atoms. The van der Waals surface area contributed by atoms with Crippen molar-refractivity contribution in [3.05, 3.63) is 60.0 Å². The lowest BCUT2D eigenvalue weighted by molar-refractivity contribution is 0.326. The number of halogens is 1. The molecule has 3 heterocycles. The molecule has 1 saturated heterocycles. The molecule has 0 unspecified atom stereocenters. The molecule has 2 aromatic carbocycles. The molecule has 0 saturated carbocycles. The highest BCUT2D eigenvalue weighted by atomic mass is 32.2. The van der Waals surface area contributed by atoms with E-state index in [1.807, 2.05) is 24.3 Å². The van der Waals surface area contributed by atoms with Crippen LogP contribution >= 0.6 is 11.3 Å². The van der Waals surface area contributed by atoms with Crippen LogP contribution in [0, 0.1) is 5.82 Å². The molecule has 1 aliphatic rings. The summed E-state index contributed by atoms with van der Waals surface area (Å²) < 4.78 is 48.3. The van der Waals surface area contributed by atoms with Crippen molar-refractivity contribution in [3.63, 3.8) is 0 Å². The van der Waals surface area contributed by atoms with Gasteiger partial charge >= 0.3 is 0 Å². The molecule has 0 radical (unpaired) electrons. The van der Waals surface area contributed by atoms with Crippen molar-refractivity contribution in [2.75, 3.05) is 19.6 Å². The Bertz CT molecular complexity index is 1300. The summed E-state index contributed by atoms with van der Waals surface area (Å²) in [5.41, 5.74) is 1.29. The second-order valence-corrected chi connectivity index (χ2v) is 10.9. The monoisotopic (exact) mass is 459 g/mol. The zero-order chi connectivity index (χ0) is 21.4. The van der Waals surface area contributed by atoms with Gasteiger partial charge in [0.2, 0.25) is 10.0 Å². The highest BCUT2D eigenvalue weighted by molar-refractivity contribution is 7.91. The number of likely N-dealkylation sites (tertiary alicyclic amines) is 1. The average molecular weight is 460 g/mol. The van der Waals surface area contributed by atoms with Gasteiger partial charge in [0.15, 0.2) is 5.58 Å². The standard InChI is InChI=1S/C22H22FN3O3S2/c23-16-7-8-18-19(24-29-20(18)13-16)5-3-10-26-11-9-17(14-26)25-31(27,28)22-12-15-4-1-2-6-21(15)30-22/h1-2,4,6-8,12-13,17,25H,3,5,9-11,14H2/t17-/m0/s1. The molecule has 4 aromatic rings. The fourth-order valence-corrected chi connectivity index (χ4v) is 6.79. The molecular formula is C22H22FN3O3S2.